The second-order valence-corrected chi connectivity index (χ2v) is 9.75. The van der Waals surface area contributed by atoms with Crippen LogP contribution in [0.4, 0.5) is 10.1 Å². The highest BCUT2D eigenvalue weighted by Crippen LogP contribution is 2.32. The lowest BCUT2D eigenvalue weighted by Crippen LogP contribution is -2.44. The second kappa shape index (κ2) is 8.96. The molecule has 0 bridgehead atoms. The number of furan rings is 1. The molecule has 172 valence electrons. The van der Waals surface area contributed by atoms with Gasteiger partial charge in [-0.3, -0.25) is 4.79 Å². The van der Waals surface area contributed by atoms with Crippen molar-refractivity contribution in [1.82, 2.24) is 9.80 Å². The molecule has 2 fully saturated rings. The Morgan fingerprint density at radius 3 is 2.41 bits per heavy atom. The van der Waals surface area contributed by atoms with Crippen molar-refractivity contribution in [2.45, 2.75) is 52.9 Å². The van der Waals surface area contributed by atoms with Gasteiger partial charge in [0.2, 0.25) is 0 Å². The van der Waals surface area contributed by atoms with Crippen molar-refractivity contribution >= 4 is 17.6 Å². The number of amides is 1. The van der Waals surface area contributed by atoms with Gasteiger partial charge in [-0.1, -0.05) is 13.8 Å². The number of aryl methyl sites for hydroxylation is 1. The zero-order chi connectivity index (χ0) is 22.9. The summed E-state index contributed by atoms with van der Waals surface area (Å²) in [5.41, 5.74) is 8.05. The molecule has 2 aromatic rings. The van der Waals surface area contributed by atoms with E-state index < -0.39 is 5.82 Å². The molecule has 3 heterocycles. The van der Waals surface area contributed by atoms with Gasteiger partial charge in [0, 0.05) is 31.7 Å². The molecule has 2 aliphatic heterocycles. The minimum absolute atomic E-state index is 0.0240. The highest BCUT2D eigenvalue weighted by molar-refractivity contribution is 5.96. The Kier molecular flexibility index (Phi) is 6.26. The van der Waals surface area contributed by atoms with Crippen molar-refractivity contribution in [3.63, 3.8) is 0 Å². The van der Waals surface area contributed by atoms with E-state index in [0.29, 0.717) is 39.7 Å². The average Bonchev–Trinajstić information content (AvgIpc) is 3.15. The van der Waals surface area contributed by atoms with Crippen LogP contribution in [0.2, 0.25) is 0 Å². The molecule has 0 saturated carbocycles. The second-order valence-electron chi connectivity index (χ2n) is 9.75. The van der Waals surface area contributed by atoms with Crippen LogP contribution in [-0.2, 0) is 0 Å². The molecule has 1 aromatic carbocycles. The maximum absolute atomic E-state index is 14.4. The smallest absolute Gasteiger partial charge is 0.257 e. The van der Waals surface area contributed by atoms with E-state index in [0.717, 1.165) is 58.3 Å². The molecule has 0 spiro atoms. The summed E-state index contributed by atoms with van der Waals surface area (Å²) in [5.74, 6) is 0.946. The van der Waals surface area contributed by atoms with Crippen LogP contribution in [0.5, 0.6) is 0 Å². The van der Waals surface area contributed by atoms with Crippen molar-refractivity contribution in [2.24, 2.45) is 16.1 Å². The van der Waals surface area contributed by atoms with Crippen LogP contribution in [0, 0.1) is 18.2 Å². The number of hydrogen-bond donors (Lipinski definition) is 1. The monoisotopic (exact) mass is 440 g/mol. The molecule has 1 amide bonds. The molecule has 2 N–H and O–H groups in total. The average molecular weight is 441 g/mol. The minimum atomic E-state index is -0.424. The normalized spacial score (nSPS) is 19.3. The highest BCUT2D eigenvalue weighted by atomic mass is 19.1. The van der Waals surface area contributed by atoms with Crippen molar-refractivity contribution in [1.29, 1.82) is 0 Å². The summed E-state index contributed by atoms with van der Waals surface area (Å²) >= 11 is 0. The van der Waals surface area contributed by atoms with Gasteiger partial charge in [-0.05, 0) is 68.7 Å². The topological polar surface area (TPSA) is 75.1 Å². The number of benzene rings is 1. The van der Waals surface area contributed by atoms with Crippen LogP contribution < -0.4 is 5.73 Å². The van der Waals surface area contributed by atoms with Gasteiger partial charge >= 0.3 is 0 Å². The Labute approximate surface area is 189 Å². The van der Waals surface area contributed by atoms with Gasteiger partial charge in [-0.15, -0.1) is 0 Å². The van der Waals surface area contributed by atoms with Crippen LogP contribution in [-0.4, -0.2) is 47.8 Å². The van der Waals surface area contributed by atoms with E-state index in [2.05, 4.69) is 18.8 Å². The Bertz CT molecular complexity index is 1010. The number of aliphatic imine (C=N–C) groups is 1. The van der Waals surface area contributed by atoms with Gasteiger partial charge in [0.15, 0.2) is 5.96 Å². The van der Waals surface area contributed by atoms with Crippen molar-refractivity contribution in [3.8, 4) is 11.3 Å². The fourth-order valence-corrected chi connectivity index (χ4v) is 4.43. The van der Waals surface area contributed by atoms with Gasteiger partial charge in [-0.25, -0.2) is 9.38 Å². The largest absolute Gasteiger partial charge is 0.461 e. The quantitative estimate of drug-likeness (QED) is 0.533. The first-order valence-corrected chi connectivity index (χ1v) is 11.5. The number of carbonyl (C=O) groups is 1. The molecule has 7 heteroatoms. The van der Waals surface area contributed by atoms with Gasteiger partial charge in [0.25, 0.3) is 5.91 Å². The summed E-state index contributed by atoms with van der Waals surface area (Å²) in [5, 5.41) is 0. The number of rotatable bonds is 3. The Balaban J connectivity index is 1.56. The Morgan fingerprint density at radius 2 is 1.72 bits per heavy atom. The van der Waals surface area contributed by atoms with Gasteiger partial charge < -0.3 is 20.0 Å². The SMILES string of the molecule is Cc1oc(-c2cc(F)cc(N=C(N)N3CCC(C)(C)CC3)c2)cc1C(=O)N1CCCCC1. The maximum atomic E-state index is 14.4. The lowest BCUT2D eigenvalue weighted by Gasteiger charge is -2.37. The first-order valence-electron chi connectivity index (χ1n) is 11.5. The molecule has 1 aromatic heterocycles. The zero-order valence-corrected chi connectivity index (χ0v) is 19.3. The molecule has 0 radical (unpaired) electrons. The number of hydrogen-bond acceptors (Lipinski definition) is 3. The van der Waals surface area contributed by atoms with Gasteiger partial charge in [0.1, 0.15) is 17.3 Å². The maximum Gasteiger partial charge on any atom is 0.257 e. The van der Waals surface area contributed by atoms with Gasteiger partial charge in [0.05, 0.1) is 11.3 Å². The van der Waals surface area contributed by atoms with Crippen LogP contribution in [0.1, 0.15) is 62.1 Å². The first kappa shape index (κ1) is 22.4. The van der Waals surface area contributed by atoms with Crippen LogP contribution >= 0.6 is 0 Å². The summed E-state index contributed by atoms with van der Waals surface area (Å²) in [6.45, 7) is 9.50. The molecular weight excluding hydrogens is 407 g/mol. The molecule has 4 rings (SSSR count). The molecule has 2 saturated heterocycles. The number of likely N-dealkylation sites (tertiary alicyclic amines) is 2. The molecule has 0 atom stereocenters. The van der Waals surface area contributed by atoms with Crippen LogP contribution in [0.25, 0.3) is 11.3 Å². The predicted molar refractivity (Wildman–Crippen MR) is 124 cm³/mol. The van der Waals surface area contributed by atoms with Crippen LogP contribution in [0.15, 0.2) is 33.7 Å². The standard InChI is InChI=1S/C25H33FN4O2/c1-17-21(23(31)29-9-5-4-6-10-29)16-22(32-17)18-13-19(26)15-20(14-18)28-24(27)30-11-7-25(2,3)8-12-30/h13-16H,4-12H2,1-3H3,(H2,27,28). The predicted octanol–water partition coefficient (Wildman–Crippen LogP) is 5.09. The van der Waals surface area contributed by atoms with Crippen molar-refractivity contribution in [2.75, 3.05) is 26.2 Å². The number of carbonyl (C=O) groups excluding carboxylic acids is 1. The van der Waals surface area contributed by atoms with E-state index in [-0.39, 0.29) is 5.91 Å². The zero-order valence-electron chi connectivity index (χ0n) is 19.3. The minimum Gasteiger partial charge on any atom is -0.461 e. The Morgan fingerprint density at radius 1 is 1.03 bits per heavy atom. The number of nitrogens with two attached hydrogens (primary N) is 1. The highest BCUT2D eigenvalue weighted by Gasteiger charge is 2.26. The summed E-state index contributed by atoms with van der Waals surface area (Å²) in [7, 11) is 0. The summed E-state index contributed by atoms with van der Waals surface area (Å²) < 4.78 is 20.3. The lowest BCUT2D eigenvalue weighted by atomic mass is 9.83. The van der Waals surface area contributed by atoms with E-state index in [9.17, 15) is 9.18 Å². The lowest BCUT2D eigenvalue weighted by molar-refractivity contribution is 0.0722. The number of guanidine groups is 1. The number of halogens is 1. The molecule has 0 aliphatic carbocycles. The van der Waals surface area contributed by atoms with Gasteiger partial charge in [-0.2, -0.15) is 0 Å². The van der Waals surface area contributed by atoms with E-state index in [4.69, 9.17) is 10.2 Å². The summed E-state index contributed by atoms with van der Waals surface area (Å²) in [4.78, 5) is 21.3. The van der Waals surface area contributed by atoms with Crippen LogP contribution in [0.3, 0.4) is 0 Å². The molecule has 32 heavy (non-hydrogen) atoms. The molecular formula is C25H33FN4O2. The molecule has 0 unspecified atom stereocenters. The first-order chi connectivity index (χ1) is 15.2. The summed E-state index contributed by atoms with van der Waals surface area (Å²) in [6.07, 6.45) is 5.28. The van der Waals surface area contributed by atoms with Crippen molar-refractivity contribution < 1.29 is 13.6 Å². The number of piperidine rings is 2. The summed E-state index contributed by atoms with van der Waals surface area (Å²) in [6, 6.07) is 6.22. The fourth-order valence-electron chi connectivity index (χ4n) is 4.43. The third kappa shape index (κ3) is 4.97. The third-order valence-electron chi connectivity index (χ3n) is 6.64. The van der Waals surface area contributed by atoms with E-state index in [1.807, 2.05) is 9.80 Å². The van der Waals surface area contributed by atoms with E-state index in [1.54, 1.807) is 19.1 Å². The Hall–Kier alpha value is -2.83. The third-order valence-corrected chi connectivity index (χ3v) is 6.64. The molecule has 6 nitrogen and oxygen atoms in total. The van der Waals surface area contributed by atoms with E-state index in [1.165, 1.54) is 12.1 Å². The fraction of sp³-hybridized carbons (Fsp3) is 0.520. The van der Waals surface area contributed by atoms with E-state index >= 15 is 0 Å². The number of nitrogens with zero attached hydrogens (tertiary/aromatic N) is 3. The molecule has 2 aliphatic rings. The van der Waals surface area contributed by atoms with Crippen molar-refractivity contribution in [3.05, 3.63) is 41.4 Å².